The van der Waals surface area contributed by atoms with Crippen LogP contribution in [0.2, 0.25) is 0 Å². The maximum atomic E-state index is 12.6. The molecular formula is C36H44O5. The molecule has 3 aromatic rings. The van der Waals surface area contributed by atoms with Crippen LogP contribution in [0.4, 0.5) is 0 Å². The van der Waals surface area contributed by atoms with Crippen molar-refractivity contribution in [1.29, 1.82) is 0 Å². The van der Waals surface area contributed by atoms with Gasteiger partial charge in [0.15, 0.2) is 5.78 Å². The lowest BCUT2D eigenvalue weighted by Crippen LogP contribution is -2.08. The first-order chi connectivity index (χ1) is 20.1. The molecule has 0 unspecified atom stereocenters. The molecule has 41 heavy (non-hydrogen) atoms. The summed E-state index contributed by atoms with van der Waals surface area (Å²) in [6.07, 6.45) is 15.3. The average Bonchev–Trinajstić information content (AvgIpc) is 3.00. The van der Waals surface area contributed by atoms with Crippen molar-refractivity contribution in [2.24, 2.45) is 0 Å². The third-order valence-corrected chi connectivity index (χ3v) is 6.78. The van der Waals surface area contributed by atoms with Gasteiger partial charge in [0.1, 0.15) is 17.2 Å². The number of esters is 1. The van der Waals surface area contributed by atoms with Gasteiger partial charge in [0.05, 0.1) is 18.8 Å². The van der Waals surface area contributed by atoms with Crippen LogP contribution in [-0.4, -0.2) is 25.0 Å². The fourth-order valence-corrected chi connectivity index (χ4v) is 4.28. The van der Waals surface area contributed by atoms with Crippen molar-refractivity contribution in [3.63, 3.8) is 0 Å². The van der Waals surface area contributed by atoms with E-state index in [2.05, 4.69) is 13.8 Å². The van der Waals surface area contributed by atoms with Crippen molar-refractivity contribution in [2.45, 2.75) is 78.1 Å². The summed E-state index contributed by atoms with van der Waals surface area (Å²) in [5.41, 5.74) is 1.87. The van der Waals surface area contributed by atoms with E-state index in [1.54, 1.807) is 60.7 Å². The van der Waals surface area contributed by atoms with E-state index in [4.69, 9.17) is 14.2 Å². The summed E-state index contributed by atoms with van der Waals surface area (Å²) in [7, 11) is 0. The van der Waals surface area contributed by atoms with Crippen LogP contribution in [0.25, 0.3) is 6.08 Å². The topological polar surface area (TPSA) is 61.8 Å². The van der Waals surface area contributed by atoms with Gasteiger partial charge in [0, 0.05) is 5.56 Å². The molecule has 218 valence electrons. The van der Waals surface area contributed by atoms with E-state index in [1.807, 2.05) is 24.3 Å². The summed E-state index contributed by atoms with van der Waals surface area (Å²) in [5.74, 6) is 1.37. The molecule has 5 heteroatoms. The number of benzene rings is 3. The minimum Gasteiger partial charge on any atom is -0.494 e. The van der Waals surface area contributed by atoms with Gasteiger partial charge in [0.2, 0.25) is 0 Å². The second-order valence-corrected chi connectivity index (χ2v) is 10.2. The van der Waals surface area contributed by atoms with E-state index in [1.165, 1.54) is 44.9 Å². The van der Waals surface area contributed by atoms with Gasteiger partial charge in [-0.15, -0.1) is 0 Å². The zero-order chi connectivity index (χ0) is 29.1. The number of carbonyl (C=O) groups is 2. The molecule has 0 saturated carbocycles. The second-order valence-electron chi connectivity index (χ2n) is 10.2. The molecule has 0 aliphatic heterocycles. The smallest absolute Gasteiger partial charge is 0.343 e. The Kier molecular flexibility index (Phi) is 14.3. The molecule has 0 radical (unpaired) electrons. The first-order valence-corrected chi connectivity index (χ1v) is 15.1. The second kappa shape index (κ2) is 18.5. The maximum absolute atomic E-state index is 12.6. The molecule has 0 saturated heterocycles. The Labute approximate surface area is 245 Å². The lowest BCUT2D eigenvalue weighted by Gasteiger charge is -2.08. The average molecular weight is 557 g/mol. The fourth-order valence-electron chi connectivity index (χ4n) is 4.28. The number of ketones is 1. The first kappa shape index (κ1) is 31.7. The molecule has 3 aromatic carbocycles. The largest absolute Gasteiger partial charge is 0.494 e. The summed E-state index contributed by atoms with van der Waals surface area (Å²) in [5, 5.41) is 0. The van der Waals surface area contributed by atoms with E-state index < -0.39 is 5.97 Å². The standard InChI is InChI=1S/C36H44O5/c1-3-5-7-9-10-12-28-39-32-20-13-29(14-21-32)15-26-35(37)30-16-24-34(25-17-30)41-36(38)31-18-22-33(23-19-31)40-27-11-8-6-4-2/h13-26H,3-12,27-28H2,1-2H3/b26-15+. The number of carbonyl (C=O) groups excluding carboxylic acids is 2. The van der Waals surface area contributed by atoms with Gasteiger partial charge in [0.25, 0.3) is 0 Å². The van der Waals surface area contributed by atoms with Crippen LogP contribution in [0.5, 0.6) is 17.2 Å². The number of allylic oxidation sites excluding steroid dienone is 1. The van der Waals surface area contributed by atoms with Crippen LogP contribution >= 0.6 is 0 Å². The predicted octanol–water partition coefficient (Wildman–Crippen LogP) is 9.50. The highest BCUT2D eigenvalue weighted by Gasteiger charge is 2.10. The third-order valence-electron chi connectivity index (χ3n) is 6.78. The van der Waals surface area contributed by atoms with Crippen LogP contribution in [0, 0.1) is 0 Å². The fraction of sp³-hybridized carbons (Fsp3) is 0.389. The zero-order valence-corrected chi connectivity index (χ0v) is 24.6. The van der Waals surface area contributed by atoms with Gasteiger partial charge in [-0.2, -0.15) is 0 Å². The van der Waals surface area contributed by atoms with Crippen molar-refractivity contribution >= 4 is 17.8 Å². The molecule has 0 fully saturated rings. The molecule has 0 spiro atoms. The molecule has 0 N–H and O–H groups in total. The molecule has 0 amide bonds. The molecule has 0 atom stereocenters. The lowest BCUT2D eigenvalue weighted by atomic mass is 10.1. The summed E-state index contributed by atoms with van der Waals surface area (Å²) < 4.78 is 17.0. The maximum Gasteiger partial charge on any atom is 0.343 e. The molecular weight excluding hydrogens is 512 g/mol. The normalized spacial score (nSPS) is 11.0. The summed E-state index contributed by atoms with van der Waals surface area (Å²) >= 11 is 0. The quantitative estimate of drug-likeness (QED) is 0.0484. The van der Waals surface area contributed by atoms with Gasteiger partial charge < -0.3 is 14.2 Å². The lowest BCUT2D eigenvalue weighted by molar-refractivity contribution is 0.0734. The van der Waals surface area contributed by atoms with Crippen LogP contribution < -0.4 is 14.2 Å². The summed E-state index contributed by atoms with van der Waals surface area (Å²) in [6, 6.07) is 21.3. The van der Waals surface area contributed by atoms with Crippen molar-refractivity contribution in [3.05, 3.63) is 95.6 Å². The molecule has 0 heterocycles. The number of hydrogen-bond acceptors (Lipinski definition) is 5. The molecule has 0 aromatic heterocycles. The monoisotopic (exact) mass is 556 g/mol. The van der Waals surface area contributed by atoms with E-state index in [9.17, 15) is 9.59 Å². The number of rotatable bonds is 19. The van der Waals surface area contributed by atoms with Crippen LogP contribution in [-0.2, 0) is 0 Å². The highest BCUT2D eigenvalue weighted by Crippen LogP contribution is 2.19. The SMILES string of the molecule is CCCCCCCCOc1ccc(/C=C/C(=O)c2ccc(OC(=O)c3ccc(OCCCCCC)cc3)cc2)cc1. The highest BCUT2D eigenvalue weighted by atomic mass is 16.5. The van der Waals surface area contributed by atoms with Crippen LogP contribution in [0.1, 0.15) is 104 Å². The molecule has 3 rings (SSSR count). The third kappa shape index (κ3) is 12.0. The van der Waals surface area contributed by atoms with Crippen molar-refractivity contribution in [1.82, 2.24) is 0 Å². The van der Waals surface area contributed by atoms with Crippen molar-refractivity contribution < 1.29 is 23.8 Å². The van der Waals surface area contributed by atoms with Crippen LogP contribution in [0.15, 0.2) is 78.9 Å². The Morgan fingerprint density at radius 1 is 0.561 bits per heavy atom. The van der Waals surface area contributed by atoms with Gasteiger partial charge >= 0.3 is 5.97 Å². The van der Waals surface area contributed by atoms with Gasteiger partial charge in [-0.3, -0.25) is 4.79 Å². The number of ether oxygens (including phenoxy) is 3. The van der Waals surface area contributed by atoms with Crippen molar-refractivity contribution in [3.8, 4) is 17.2 Å². The Balaban J connectivity index is 1.41. The van der Waals surface area contributed by atoms with E-state index in [-0.39, 0.29) is 5.78 Å². The Hall–Kier alpha value is -3.86. The Morgan fingerprint density at radius 2 is 1.02 bits per heavy atom. The summed E-state index contributed by atoms with van der Waals surface area (Å²) in [6.45, 7) is 5.81. The Bertz CT molecular complexity index is 1190. The number of unbranched alkanes of at least 4 members (excludes halogenated alkanes) is 8. The highest BCUT2D eigenvalue weighted by molar-refractivity contribution is 6.06. The summed E-state index contributed by atoms with van der Waals surface area (Å²) in [4.78, 5) is 25.2. The zero-order valence-electron chi connectivity index (χ0n) is 24.6. The first-order valence-electron chi connectivity index (χ1n) is 15.1. The van der Waals surface area contributed by atoms with Gasteiger partial charge in [-0.1, -0.05) is 83.4 Å². The van der Waals surface area contributed by atoms with Gasteiger partial charge in [-0.05, 0) is 85.1 Å². The molecule has 0 bridgehead atoms. The minimum atomic E-state index is -0.460. The van der Waals surface area contributed by atoms with Crippen molar-refractivity contribution in [2.75, 3.05) is 13.2 Å². The molecule has 0 aliphatic carbocycles. The number of hydrogen-bond donors (Lipinski definition) is 0. The minimum absolute atomic E-state index is 0.128. The van der Waals surface area contributed by atoms with E-state index in [0.29, 0.717) is 23.5 Å². The van der Waals surface area contributed by atoms with Gasteiger partial charge in [-0.25, -0.2) is 4.79 Å². The van der Waals surface area contributed by atoms with E-state index in [0.717, 1.165) is 42.9 Å². The molecule has 0 aliphatic rings. The predicted molar refractivity (Wildman–Crippen MR) is 166 cm³/mol. The van der Waals surface area contributed by atoms with Crippen LogP contribution in [0.3, 0.4) is 0 Å². The Morgan fingerprint density at radius 3 is 1.61 bits per heavy atom. The van der Waals surface area contributed by atoms with E-state index >= 15 is 0 Å². The molecule has 5 nitrogen and oxygen atoms in total.